The zero-order chi connectivity index (χ0) is 29.0. The molecule has 1 aromatic rings. The predicted molar refractivity (Wildman–Crippen MR) is 159 cm³/mol. The first kappa shape index (κ1) is 33.0. The highest BCUT2D eigenvalue weighted by molar-refractivity contribution is 8.02. The third-order valence-electron chi connectivity index (χ3n) is 6.03. The molecule has 0 aromatic carbocycles. The molecule has 0 saturated carbocycles. The van der Waals surface area contributed by atoms with Crippen molar-refractivity contribution in [3.05, 3.63) is 71.2 Å². The maximum absolute atomic E-state index is 13.3. The van der Waals surface area contributed by atoms with Gasteiger partial charge in [-0.1, -0.05) is 57.1 Å². The van der Waals surface area contributed by atoms with Gasteiger partial charge in [0.05, 0.1) is 5.70 Å². The maximum Gasteiger partial charge on any atom is 0.319 e. The van der Waals surface area contributed by atoms with Crippen LogP contribution in [0, 0.1) is 6.92 Å². The van der Waals surface area contributed by atoms with Crippen LogP contribution in [0.2, 0.25) is 0 Å². The summed E-state index contributed by atoms with van der Waals surface area (Å²) in [6.45, 7) is 19.4. The van der Waals surface area contributed by atoms with Crippen LogP contribution in [0.1, 0.15) is 96.2 Å². The minimum absolute atomic E-state index is 0.0502. The number of aliphatic hydroxyl groups is 1. The van der Waals surface area contributed by atoms with E-state index in [0.717, 1.165) is 43.5 Å². The lowest BCUT2D eigenvalue weighted by molar-refractivity contribution is -0.138. The lowest BCUT2D eigenvalue weighted by atomic mass is 10.1. The normalized spacial score (nSPS) is 14.2. The molecule has 1 atom stereocenters. The molecule has 0 spiro atoms. The fourth-order valence-electron chi connectivity index (χ4n) is 3.84. The van der Waals surface area contributed by atoms with E-state index in [0.29, 0.717) is 11.4 Å². The van der Waals surface area contributed by atoms with Gasteiger partial charge in [0.25, 0.3) is 5.91 Å². The Bertz CT molecular complexity index is 1120. The second-order valence-electron chi connectivity index (χ2n) is 9.82. The predicted octanol–water partition coefficient (Wildman–Crippen LogP) is 7.37. The molecule has 0 saturated heterocycles. The molecule has 1 rings (SSSR count). The van der Waals surface area contributed by atoms with Gasteiger partial charge in [-0.05, 0) is 66.5 Å². The van der Waals surface area contributed by atoms with Gasteiger partial charge >= 0.3 is 5.97 Å². The Morgan fingerprint density at radius 2 is 1.84 bits per heavy atom. The van der Waals surface area contributed by atoms with Crippen molar-refractivity contribution in [1.29, 1.82) is 0 Å². The number of unbranched alkanes of at least 4 members (excludes halogenated alkanes) is 3. The van der Waals surface area contributed by atoms with E-state index >= 15 is 0 Å². The number of amides is 1. The zero-order valence-electron chi connectivity index (χ0n) is 24.2. The number of carboxylic acids is 1. The van der Waals surface area contributed by atoms with E-state index in [1.165, 1.54) is 17.8 Å². The van der Waals surface area contributed by atoms with Crippen molar-refractivity contribution in [1.82, 2.24) is 14.9 Å². The Balaban J connectivity index is 3.44. The number of aliphatic carboxylic acids is 1. The zero-order valence-corrected chi connectivity index (χ0v) is 25.0. The summed E-state index contributed by atoms with van der Waals surface area (Å²) in [5.41, 5.74) is 2.64. The summed E-state index contributed by atoms with van der Waals surface area (Å²) < 4.78 is 1.16. The van der Waals surface area contributed by atoms with Crippen molar-refractivity contribution in [2.75, 3.05) is 0 Å². The Kier molecular flexibility index (Phi) is 13.4. The van der Waals surface area contributed by atoms with E-state index in [4.69, 9.17) is 4.98 Å². The molecular formula is C30H45N3O4S. The molecule has 8 heteroatoms. The summed E-state index contributed by atoms with van der Waals surface area (Å²) in [6, 6.07) is 0. The molecule has 0 bridgehead atoms. The monoisotopic (exact) mass is 543 g/mol. The Morgan fingerprint density at radius 1 is 1.18 bits per heavy atom. The molecule has 0 aliphatic rings. The summed E-state index contributed by atoms with van der Waals surface area (Å²) in [6.07, 6.45) is 13.3. The van der Waals surface area contributed by atoms with Gasteiger partial charge in [-0.2, -0.15) is 0 Å². The lowest BCUT2D eigenvalue weighted by Crippen LogP contribution is -2.29. The van der Waals surface area contributed by atoms with Crippen molar-refractivity contribution in [2.24, 2.45) is 0 Å². The van der Waals surface area contributed by atoms with Crippen LogP contribution in [0.3, 0.4) is 0 Å². The van der Waals surface area contributed by atoms with E-state index in [1.54, 1.807) is 33.8 Å². The summed E-state index contributed by atoms with van der Waals surface area (Å²) in [5, 5.41) is 22.6. The van der Waals surface area contributed by atoms with Crippen LogP contribution in [0.5, 0.6) is 0 Å². The van der Waals surface area contributed by atoms with E-state index in [1.807, 2.05) is 39.0 Å². The molecule has 1 aromatic heterocycles. The van der Waals surface area contributed by atoms with Crippen molar-refractivity contribution in [3.8, 4) is 0 Å². The highest BCUT2D eigenvalue weighted by Crippen LogP contribution is 2.30. The number of imidazole rings is 1. The number of hydrogen-bond acceptors (Lipinski definition) is 5. The molecule has 1 unspecified atom stereocenters. The highest BCUT2D eigenvalue weighted by atomic mass is 32.2. The first-order valence-corrected chi connectivity index (χ1v) is 14.0. The second kappa shape index (κ2) is 15.4. The minimum atomic E-state index is -0.910. The topological polar surface area (TPSA) is 104 Å². The quantitative estimate of drug-likeness (QED) is 0.121. The summed E-state index contributed by atoms with van der Waals surface area (Å²) in [4.78, 5) is 29.6. The average Bonchev–Trinajstić information content (AvgIpc) is 3.16. The summed E-state index contributed by atoms with van der Waals surface area (Å²) >= 11 is 1.36. The fraction of sp³-hybridized carbons (Fsp3) is 0.500. The number of carbonyl (C=O) groups is 2. The van der Waals surface area contributed by atoms with Crippen molar-refractivity contribution in [3.63, 3.8) is 0 Å². The number of carboxylic acid groups (broad SMARTS) is 1. The van der Waals surface area contributed by atoms with E-state index < -0.39 is 16.6 Å². The van der Waals surface area contributed by atoms with Crippen LogP contribution in [0.4, 0.5) is 0 Å². The van der Waals surface area contributed by atoms with Crippen molar-refractivity contribution in [2.45, 2.75) is 97.6 Å². The van der Waals surface area contributed by atoms with Gasteiger partial charge in [0.15, 0.2) is 0 Å². The number of rotatable bonds is 15. The lowest BCUT2D eigenvalue weighted by Gasteiger charge is -2.21. The minimum Gasteiger partial charge on any atom is -0.506 e. The van der Waals surface area contributed by atoms with Crippen LogP contribution in [0.25, 0.3) is 5.57 Å². The maximum atomic E-state index is 13.3. The molecule has 7 nitrogen and oxygen atoms in total. The van der Waals surface area contributed by atoms with E-state index in [9.17, 15) is 19.8 Å². The molecule has 38 heavy (non-hydrogen) atoms. The van der Waals surface area contributed by atoms with E-state index in [2.05, 4.69) is 23.4 Å². The van der Waals surface area contributed by atoms with Crippen molar-refractivity contribution < 1.29 is 19.8 Å². The second-order valence-corrected chi connectivity index (χ2v) is 11.8. The smallest absolute Gasteiger partial charge is 0.319 e. The molecule has 210 valence electrons. The molecule has 0 aliphatic heterocycles. The van der Waals surface area contributed by atoms with Gasteiger partial charge in [0, 0.05) is 23.1 Å². The molecule has 1 heterocycles. The molecular weight excluding hydrogens is 498 g/mol. The first-order valence-electron chi connectivity index (χ1n) is 13.2. The average molecular weight is 544 g/mol. The molecule has 0 fully saturated rings. The van der Waals surface area contributed by atoms with E-state index in [-0.39, 0.29) is 22.4 Å². The number of aromatic nitrogens is 2. The first-order chi connectivity index (χ1) is 17.8. The third kappa shape index (κ3) is 9.39. The number of hydrogen-bond donors (Lipinski definition) is 3. The number of carbonyl (C=O) groups excluding carboxylic acids is 1. The summed E-state index contributed by atoms with van der Waals surface area (Å²) in [7, 11) is 0. The molecule has 1 amide bonds. The molecule has 3 N–H and O–H groups in total. The Labute approximate surface area is 232 Å². The third-order valence-corrected chi connectivity index (χ3v) is 7.32. The van der Waals surface area contributed by atoms with Gasteiger partial charge in [0.2, 0.25) is 0 Å². The SMILES string of the molecule is C=C(C)/C(NC(=O)c1nc(C(/C=C\C(C)SC(C)(C)C(=O)O)=C/C)n(CCCCCC)c1C)=C(O)\C=C/C. The van der Waals surface area contributed by atoms with Crippen molar-refractivity contribution >= 4 is 29.2 Å². The van der Waals surface area contributed by atoms with Crippen LogP contribution in [0.15, 0.2) is 54.0 Å². The van der Waals surface area contributed by atoms with Gasteiger partial charge in [-0.25, -0.2) is 4.98 Å². The molecule has 0 aliphatic carbocycles. The van der Waals surface area contributed by atoms with Crippen LogP contribution < -0.4 is 5.32 Å². The Morgan fingerprint density at radius 3 is 2.37 bits per heavy atom. The number of aliphatic hydroxyl groups excluding tert-OH is 1. The standard InChI is InChI=1S/C30H45N3O4S/c1-10-13-14-15-19-33-22(7)26(28(35)32-25(20(4)5)24(34)16-11-2)31-27(33)23(12-3)18-17-21(6)38-30(8,9)29(36)37/h11-12,16-18,21,34H,4,10,13-15,19H2,1-3,5-9H3,(H,32,35)(H,36,37)/b16-11-,18-17-,23-12+,25-24-. The van der Waals surface area contributed by atoms with Crippen LogP contribution in [-0.2, 0) is 11.3 Å². The van der Waals surface area contributed by atoms with Gasteiger partial charge in [-0.15, -0.1) is 11.8 Å². The Hall–Kier alpha value is -3.00. The van der Waals surface area contributed by atoms with Crippen LogP contribution >= 0.6 is 11.8 Å². The highest BCUT2D eigenvalue weighted by Gasteiger charge is 2.29. The number of nitrogens with one attached hydrogen (secondary N) is 1. The summed E-state index contributed by atoms with van der Waals surface area (Å²) in [5.74, 6) is -0.669. The number of nitrogens with zero attached hydrogens (tertiary/aromatic N) is 2. The number of allylic oxidation sites excluding steroid dienone is 6. The molecule has 0 radical (unpaired) electrons. The van der Waals surface area contributed by atoms with Gasteiger partial charge < -0.3 is 20.1 Å². The van der Waals surface area contributed by atoms with Gasteiger partial charge in [0.1, 0.15) is 22.0 Å². The van der Waals surface area contributed by atoms with Gasteiger partial charge in [-0.3, -0.25) is 9.59 Å². The van der Waals surface area contributed by atoms with Crippen LogP contribution in [-0.4, -0.2) is 41.6 Å². The largest absolute Gasteiger partial charge is 0.506 e. The fourth-order valence-corrected chi connectivity index (χ4v) is 5.02. The number of thioether (sulfide) groups is 1.